The third-order valence-electron chi connectivity index (χ3n) is 10.2. The maximum Gasteiger partial charge on any atom is 0.229 e. The fourth-order valence-corrected chi connectivity index (χ4v) is 8.21. The molecule has 1 saturated heterocycles. The number of ether oxygens (including phenoxy) is 1. The number of amides is 1. The summed E-state index contributed by atoms with van der Waals surface area (Å²) in [6, 6.07) is 13.6. The molecule has 0 radical (unpaired) electrons. The minimum atomic E-state index is -0.928. The van der Waals surface area contributed by atoms with Gasteiger partial charge in [0.1, 0.15) is 6.10 Å². The van der Waals surface area contributed by atoms with Crippen LogP contribution >= 0.6 is 0 Å². The quantitative estimate of drug-likeness (QED) is 0.673. The molecule has 2 aromatic rings. The number of phenols is 1. The smallest absolute Gasteiger partial charge is 0.229 e. The van der Waals surface area contributed by atoms with Crippen molar-refractivity contribution in [1.82, 2.24) is 9.80 Å². The minimum Gasteiger partial charge on any atom is -0.504 e. The monoisotopic (exact) mass is 488 g/mol. The molecule has 1 spiro atoms. The minimum absolute atomic E-state index is 0.0474. The number of carbonyl (C=O) groups excluding carboxylic acids is 1. The fourth-order valence-electron chi connectivity index (χ4n) is 8.21. The second kappa shape index (κ2) is 7.72. The Kier molecular flexibility index (Phi) is 4.85. The van der Waals surface area contributed by atoms with Crippen LogP contribution in [0.2, 0.25) is 0 Å². The van der Waals surface area contributed by atoms with Crippen LogP contribution in [0, 0.1) is 5.92 Å². The van der Waals surface area contributed by atoms with E-state index in [4.69, 9.17) is 4.74 Å². The van der Waals surface area contributed by atoms with Crippen LogP contribution in [0.25, 0.3) is 0 Å². The molecule has 1 amide bonds. The lowest BCUT2D eigenvalue weighted by atomic mass is 9.48. The molecule has 3 aliphatic carbocycles. The summed E-state index contributed by atoms with van der Waals surface area (Å²) >= 11 is 0. The summed E-state index contributed by atoms with van der Waals surface area (Å²) in [5.74, 6) is 1.24. The molecular formula is C30H36N2O4. The highest BCUT2D eigenvalue weighted by Crippen LogP contribution is 2.66. The first-order valence-electron chi connectivity index (χ1n) is 13.6. The summed E-state index contributed by atoms with van der Waals surface area (Å²) in [5, 5.41) is 23.5. The first kappa shape index (κ1) is 22.6. The van der Waals surface area contributed by atoms with Crippen molar-refractivity contribution >= 4 is 5.91 Å². The van der Waals surface area contributed by atoms with E-state index < -0.39 is 11.0 Å². The summed E-state index contributed by atoms with van der Waals surface area (Å²) in [5.41, 5.74) is 1.67. The maximum absolute atomic E-state index is 13.7. The Morgan fingerprint density at radius 3 is 2.69 bits per heavy atom. The van der Waals surface area contributed by atoms with E-state index in [1.54, 1.807) is 6.07 Å². The van der Waals surface area contributed by atoms with Crippen molar-refractivity contribution in [2.75, 3.05) is 20.1 Å². The molecule has 190 valence electrons. The van der Waals surface area contributed by atoms with Crippen LogP contribution in [0.5, 0.6) is 11.5 Å². The lowest BCUT2D eigenvalue weighted by molar-refractivity contribution is -0.200. The van der Waals surface area contributed by atoms with Crippen LogP contribution in [-0.2, 0) is 16.6 Å². The molecule has 36 heavy (non-hydrogen) atoms. The summed E-state index contributed by atoms with van der Waals surface area (Å²) in [7, 11) is 1.89. The molecule has 6 nitrogen and oxygen atoms in total. The number of carbonyl (C=O) groups is 1. The van der Waals surface area contributed by atoms with Crippen LogP contribution in [0.3, 0.4) is 0 Å². The van der Waals surface area contributed by atoms with Gasteiger partial charge in [-0.3, -0.25) is 9.69 Å². The number of nitrogens with zero attached hydrogens (tertiary/aromatic N) is 2. The Hall–Kier alpha value is -2.57. The van der Waals surface area contributed by atoms with Crippen molar-refractivity contribution in [3.8, 4) is 11.5 Å². The van der Waals surface area contributed by atoms with Gasteiger partial charge in [-0.15, -0.1) is 0 Å². The number of hydrogen-bond acceptors (Lipinski definition) is 5. The molecular weight excluding hydrogens is 452 g/mol. The standard InChI is InChI=1S/C30H36N2O4/c1-18(20-6-4-3-5-7-20)28(34)31(2)22-12-13-30(35)24-16-21-10-11-23(33)26-25(21)29(30,27(22)36-26)14-15-32(24)17-19-8-9-19/h3-7,10-11,18-19,22,24,27,33,35H,8-9,12-17H2,1-2H3/t18-,22-,24+,27-,29-,30+/m0/s1. The molecule has 3 fully saturated rings. The van der Waals surface area contributed by atoms with Crippen molar-refractivity contribution in [2.24, 2.45) is 5.92 Å². The summed E-state index contributed by atoms with van der Waals surface area (Å²) < 4.78 is 6.65. The van der Waals surface area contributed by atoms with Crippen LogP contribution in [0.1, 0.15) is 61.6 Å². The number of likely N-dealkylation sites (N-methyl/N-ethyl adjacent to an activating group) is 1. The number of benzene rings is 2. The average Bonchev–Trinajstić information content (AvgIpc) is 3.63. The molecule has 0 unspecified atom stereocenters. The molecule has 2 N–H and O–H groups in total. The molecule has 2 aliphatic heterocycles. The van der Waals surface area contributed by atoms with Gasteiger partial charge in [0.05, 0.1) is 23.0 Å². The third kappa shape index (κ3) is 2.89. The summed E-state index contributed by atoms with van der Waals surface area (Å²) in [4.78, 5) is 18.1. The zero-order valence-corrected chi connectivity index (χ0v) is 21.2. The number of aliphatic hydroxyl groups is 1. The number of piperidine rings is 1. The Morgan fingerprint density at radius 1 is 1.17 bits per heavy atom. The molecule has 2 heterocycles. The molecule has 2 bridgehead atoms. The number of likely N-dealkylation sites (tertiary alicyclic amines) is 1. The Balaban J connectivity index is 1.29. The van der Waals surface area contributed by atoms with Crippen molar-refractivity contribution in [3.05, 3.63) is 59.2 Å². The van der Waals surface area contributed by atoms with E-state index in [1.807, 2.05) is 55.3 Å². The van der Waals surface area contributed by atoms with E-state index in [-0.39, 0.29) is 35.8 Å². The van der Waals surface area contributed by atoms with Gasteiger partial charge >= 0.3 is 0 Å². The second-order valence-corrected chi connectivity index (χ2v) is 12.0. The number of hydrogen-bond donors (Lipinski definition) is 2. The first-order valence-corrected chi connectivity index (χ1v) is 13.6. The Morgan fingerprint density at radius 2 is 1.94 bits per heavy atom. The summed E-state index contributed by atoms with van der Waals surface area (Å²) in [6.45, 7) is 3.95. The van der Waals surface area contributed by atoms with Gasteiger partial charge in [-0.05, 0) is 75.1 Å². The normalized spacial score (nSPS) is 35.0. The van der Waals surface area contributed by atoms with E-state index in [9.17, 15) is 15.0 Å². The predicted molar refractivity (Wildman–Crippen MR) is 136 cm³/mol. The molecule has 5 aliphatic rings. The Labute approximate surface area is 212 Å². The average molecular weight is 489 g/mol. The summed E-state index contributed by atoms with van der Waals surface area (Å²) in [6.07, 6.45) is 5.10. The zero-order valence-electron chi connectivity index (χ0n) is 21.2. The SMILES string of the molecule is C[C@H](C(=O)N(C)[C@H]1CC[C@@]2(O)[C@H]3Cc4ccc(O)c5c4[C@@]2(CCN3CC2CC2)[C@H]1O5)c1ccccc1. The van der Waals surface area contributed by atoms with Crippen LogP contribution in [0.4, 0.5) is 0 Å². The van der Waals surface area contributed by atoms with Gasteiger partial charge in [-0.25, -0.2) is 0 Å². The van der Waals surface area contributed by atoms with E-state index in [0.29, 0.717) is 18.6 Å². The molecule has 2 saturated carbocycles. The molecule has 2 aromatic carbocycles. The first-order chi connectivity index (χ1) is 17.3. The van der Waals surface area contributed by atoms with E-state index in [2.05, 4.69) is 4.90 Å². The molecule has 6 heteroatoms. The molecule has 0 aromatic heterocycles. The zero-order chi connectivity index (χ0) is 24.8. The van der Waals surface area contributed by atoms with E-state index in [0.717, 1.165) is 43.0 Å². The highest BCUT2D eigenvalue weighted by Gasteiger charge is 2.73. The van der Waals surface area contributed by atoms with Gasteiger partial charge in [0, 0.05) is 25.2 Å². The van der Waals surface area contributed by atoms with Gasteiger partial charge < -0.3 is 19.8 Å². The van der Waals surface area contributed by atoms with Gasteiger partial charge in [-0.2, -0.15) is 0 Å². The number of rotatable bonds is 5. The van der Waals surface area contributed by atoms with E-state index in [1.165, 1.54) is 18.4 Å². The van der Waals surface area contributed by atoms with Gasteiger partial charge in [0.15, 0.2) is 11.5 Å². The molecule has 6 atom stereocenters. The van der Waals surface area contributed by atoms with E-state index >= 15 is 0 Å². The van der Waals surface area contributed by atoms with Crippen molar-refractivity contribution in [3.63, 3.8) is 0 Å². The van der Waals surface area contributed by atoms with Gasteiger partial charge in [-0.1, -0.05) is 36.4 Å². The lowest BCUT2D eigenvalue weighted by Gasteiger charge is -2.64. The van der Waals surface area contributed by atoms with Crippen molar-refractivity contribution in [2.45, 2.75) is 80.6 Å². The largest absolute Gasteiger partial charge is 0.504 e. The third-order valence-corrected chi connectivity index (χ3v) is 10.2. The van der Waals surface area contributed by atoms with Crippen molar-refractivity contribution in [1.29, 1.82) is 0 Å². The fraction of sp³-hybridized carbons (Fsp3) is 0.567. The highest BCUT2D eigenvalue weighted by molar-refractivity contribution is 5.83. The number of aromatic hydroxyl groups is 1. The predicted octanol–water partition coefficient (Wildman–Crippen LogP) is 3.59. The van der Waals surface area contributed by atoms with Crippen LogP contribution < -0.4 is 4.74 Å². The van der Waals surface area contributed by atoms with Crippen LogP contribution in [0.15, 0.2) is 42.5 Å². The second-order valence-electron chi connectivity index (χ2n) is 12.0. The van der Waals surface area contributed by atoms with Crippen LogP contribution in [-0.4, -0.2) is 69.8 Å². The topological polar surface area (TPSA) is 73.2 Å². The number of phenolic OH excluding ortho intramolecular Hbond substituents is 1. The van der Waals surface area contributed by atoms with Crippen molar-refractivity contribution < 1.29 is 19.7 Å². The maximum atomic E-state index is 13.7. The molecule has 7 rings (SSSR count). The Bertz CT molecular complexity index is 1210. The van der Waals surface area contributed by atoms with Gasteiger partial charge in [0.2, 0.25) is 5.91 Å². The lowest BCUT2D eigenvalue weighted by Crippen LogP contribution is -2.78. The van der Waals surface area contributed by atoms with Gasteiger partial charge in [0.25, 0.3) is 0 Å². The highest BCUT2D eigenvalue weighted by atomic mass is 16.5.